The number of amides is 1. The molecular weight excluding hydrogens is 282 g/mol. The summed E-state index contributed by atoms with van der Waals surface area (Å²) in [5, 5.41) is 13.1. The molecule has 0 bridgehead atoms. The Balaban J connectivity index is 1.75. The number of hydrogen-bond acceptors (Lipinski definition) is 3. The lowest BCUT2D eigenvalue weighted by Crippen LogP contribution is -2.44. The van der Waals surface area contributed by atoms with E-state index in [1.165, 1.54) is 6.26 Å². The van der Waals surface area contributed by atoms with Gasteiger partial charge in [0.25, 0.3) is 5.91 Å². The average molecular weight is 301 g/mol. The molecule has 1 saturated carbocycles. The van der Waals surface area contributed by atoms with Crippen LogP contribution < -0.4 is 5.32 Å². The van der Waals surface area contributed by atoms with Gasteiger partial charge in [-0.1, -0.05) is 37.5 Å². The molecule has 3 rings (SSSR count). The fourth-order valence-electron chi connectivity index (χ4n) is 3.19. The number of carboxylic acid groups (broad SMARTS) is 1. The van der Waals surface area contributed by atoms with Crippen molar-refractivity contribution in [3.63, 3.8) is 0 Å². The predicted molar refractivity (Wildman–Crippen MR) is 81.7 cm³/mol. The minimum absolute atomic E-state index is 0.167. The molecule has 5 heteroatoms. The summed E-state index contributed by atoms with van der Waals surface area (Å²) in [7, 11) is 0. The molecule has 1 aliphatic carbocycles. The molecule has 5 nitrogen and oxygen atoms in total. The van der Waals surface area contributed by atoms with E-state index >= 15 is 0 Å². The smallest absolute Gasteiger partial charge is 0.311 e. The number of aliphatic carboxylic acids is 1. The Morgan fingerprint density at radius 3 is 2.64 bits per heavy atom. The largest absolute Gasteiger partial charge is 0.481 e. The predicted octanol–water partition coefficient (Wildman–Crippen LogP) is 3.20. The molecule has 1 fully saturated rings. The molecule has 0 unspecified atom stereocenters. The highest BCUT2D eigenvalue weighted by Gasteiger charge is 2.39. The second-order valence-electron chi connectivity index (χ2n) is 5.97. The number of hydrogen-bond donors (Lipinski definition) is 2. The summed E-state index contributed by atoms with van der Waals surface area (Å²) in [6.45, 7) is 0.167. The summed E-state index contributed by atoms with van der Waals surface area (Å²) in [5.41, 5.74) is 0.276. The molecule has 1 heterocycles. The number of para-hydroxylation sites is 1. The normalized spacial score (nSPS) is 17.3. The zero-order valence-corrected chi connectivity index (χ0v) is 12.3. The number of carbonyl (C=O) groups is 2. The van der Waals surface area contributed by atoms with E-state index in [2.05, 4.69) is 5.32 Å². The zero-order valence-electron chi connectivity index (χ0n) is 12.3. The van der Waals surface area contributed by atoms with Crippen molar-refractivity contribution in [3.05, 3.63) is 36.1 Å². The van der Waals surface area contributed by atoms with Crippen LogP contribution in [0.15, 0.2) is 34.9 Å². The molecule has 0 atom stereocenters. The van der Waals surface area contributed by atoms with Crippen LogP contribution in [0.25, 0.3) is 11.0 Å². The van der Waals surface area contributed by atoms with E-state index < -0.39 is 11.4 Å². The van der Waals surface area contributed by atoms with Crippen LogP contribution in [-0.2, 0) is 4.79 Å². The summed E-state index contributed by atoms with van der Waals surface area (Å²) >= 11 is 0. The highest BCUT2D eigenvalue weighted by molar-refractivity contribution is 6.06. The van der Waals surface area contributed by atoms with Crippen molar-refractivity contribution in [1.29, 1.82) is 0 Å². The van der Waals surface area contributed by atoms with Crippen molar-refractivity contribution in [2.24, 2.45) is 5.41 Å². The lowest BCUT2D eigenvalue weighted by molar-refractivity contribution is -0.150. The fourth-order valence-corrected chi connectivity index (χ4v) is 3.19. The zero-order chi connectivity index (χ0) is 15.6. The van der Waals surface area contributed by atoms with Gasteiger partial charge in [0, 0.05) is 11.9 Å². The number of carbonyl (C=O) groups excluding carboxylic acids is 1. The Kier molecular flexibility index (Phi) is 3.88. The molecule has 1 amide bonds. The van der Waals surface area contributed by atoms with Gasteiger partial charge in [-0.15, -0.1) is 0 Å². The number of carboxylic acids is 1. The average Bonchev–Trinajstić information content (AvgIpc) is 2.97. The Morgan fingerprint density at radius 1 is 1.18 bits per heavy atom. The topological polar surface area (TPSA) is 79.5 Å². The molecule has 2 aromatic rings. The first-order valence-corrected chi connectivity index (χ1v) is 7.60. The minimum Gasteiger partial charge on any atom is -0.481 e. The minimum atomic E-state index is -0.826. The van der Waals surface area contributed by atoms with Gasteiger partial charge in [0.2, 0.25) is 0 Å². The van der Waals surface area contributed by atoms with Crippen molar-refractivity contribution in [2.45, 2.75) is 32.1 Å². The molecule has 0 radical (unpaired) electrons. The van der Waals surface area contributed by atoms with Crippen molar-refractivity contribution in [2.75, 3.05) is 6.54 Å². The molecular formula is C17H19NO4. The van der Waals surface area contributed by atoms with Gasteiger partial charge < -0.3 is 14.8 Å². The van der Waals surface area contributed by atoms with Crippen LogP contribution in [0, 0.1) is 5.41 Å². The van der Waals surface area contributed by atoms with Gasteiger partial charge in [0.15, 0.2) is 0 Å². The fraction of sp³-hybridized carbons (Fsp3) is 0.412. The lowest BCUT2D eigenvalue weighted by Gasteiger charge is -2.33. The van der Waals surface area contributed by atoms with E-state index in [1.54, 1.807) is 6.07 Å². The molecule has 0 saturated heterocycles. The third-order valence-corrected chi connectivity index (χ3v) is 4.58. The van der Waals surface area contributed by atoms with Crippen molar-refractivity contribution >= 4 is 22.8 Å². The van der Waals surface area contributed by atoms with Gasteiger partial charge in [-0.25, -0.2) is 0 Å². The van der Waals surface area contributed by atoms with Crippen LogP contribution in [-0.4, -0.2) is 23.5 Å². The summed E-state index contributed by atoms with van der Waals surface area (Å²) < 4.78 is 5.36. The van der Waals surface area contributed by atoms with Gasteiger partial charge in [0.05, 0.1) is 11.0 Å². The van der Waals surface area contributed by atoms with Crippen molar-refractivity contribution < 1.29 is 19.1 Å². The van der Waals surface area contributed by atoms with E-state index in [0.29, 0.717) is 24.0 Å². The molecule has 1 aromatic carbocycles. The van der Waals surface area contributed by atoms with Crippen LogP contribution >= 0.6 is 0 Å². The first kappa shape index (κ1) is 14.6. The summed E-state index contributed by atoms with van der Waals surface area (Å²) in [6.07, 6.45) is 5.53. The third kappa shape index (κ3) is 2.58. The van der Waals surface area contributed by atoms with Crippen LogP contribution in [0.2, 0.25) is 0 Å². The van der Waals surface area contributed by atoms with Crippen molar-refractivity contribution in [1.82, 2.24) is 5.32 Å². The lowest BCUT2D eigenvalue weighted by atomic mass is 9.74. The first-order chi connectivity index (χ1) is 10.6. The van der Waals surface area contributed by atoms with Gasteiger partial charge in [-0.3, -0.25) is 9.59 Å². The number of fused-ring (bicyclic) bond motifs is 1. The Hall–Kier alpha value is -2.30. The number of benzene rings is 1. The quantitative estimate of drug-likeness (QED) is 0.909. The second kappa shape index (κ2) is 5.83. The summed E-state index contributed by atoms with van der Waals surface area (Å²) in [6, 6.07) is 7.30. The van der Waals surface area contributed by atoms with E-state index in [0.717, 1.165) is 24.6 Å². The van der Waals surface area contributed by atoms with Crippen LogP contribution in [0.4, 0.5) is 0 Å². The Labute approximate surface area is 128 Å². The maximum atomic E-state index is 12.4. The van der Waals surface area contributed by atoms with Crippen LogP contribution in [0.5, 0.6) is 0 Å². The monoisotopic (exact) mass is 301 g/mol. The standard InChI is InChI=1S/C17H19NO4/c19-15(13-10-22-14-7-3-2-6-12(13)14)18-11-17(16(20)21)8-4-1-5-9-17/h2-3,6-7,10H,1,4-5,8-9,11H2,(H,18,19)(H,20,21). The summed E-state index contributed by atoms with van der Waals surface area (Å²) in [5.74, 6) is -1.10. The Morgan fingerprint density at radius 2 is 1.91 bits per heavy atom. The van der Waals surface area contributed by atoms with E-state index in [4.69, 9.17) is 4.42 Å². The molecule has 1 aliphatic rings. The Bertz CT molecular complexity index is 698. The van der Waals surface area contributed by atoms with Crippen LogP contribution in [0.1, 0.15) is 42.5 Å². The maximum Gasteiger partial charge on any atom is 0.311 e. The van der Waals surface area contributed by atoms with Gasteiger partial charge >= 0.3 is 5.97 Å². The number of rotatable bonds is 4. The summed E-state index contributed by atoms with van der Waals surface area (Å²) in [4.78, 5) is 24.0. The maximum absolute atomic E-state index is 12.4. The highest BCUT2D eigenvalue weighted by Crippen LogP contribution is 2.36. The van der Waals surface area contributed by atoms with Gasteiger partial charge in [-0.2, -0.15) is 0 Å². The molecule has 2 N–H and O–H groups in total. The highest BCUT2D eigenvalue weighted by atomic mass is 16.4. The molecule has 1 aromatic heterocycles. The van der Waals surface area contributed by atoms with Crippen LogP contribution in [0.3, 0.4) is 0 Å². The van der Waals surface area contributed by atoms with Gasteiger partial charge in [0.1, 0.15) is 11.8 Å². The first-order valence-electron chi connectivity index (χ1n) is 7.60. The molecule has 22 heavy (non-hydrogen) atoms. The van der Waals surface area contributed by atoms with Crippen molar-refractivity contribution in [3.8, 4) is 0 Å². The van der Waals surface area contributed by atoms with E-state index in [9.17, 15) is 14.7 Å². The second-order valence-corrected chi connectivity index (χ2v) is 5.97. The molecule has 0 spiro atoms. The number of nitrogens with one attached hydrogen (secondary N) is 1. The SMILES string of the molecule is O=C(NCC1(C(=O)O)CCCCC1)c1coc2ccccc12. The molecule has 116 valence electrons. The van der Waals surface area contributed by atoms with E-state index in [-0.39, 0.29) is 12.5 Å². The molecule has 0 aliphatic heterocycles. The third-order valence-electron chi connectivity index (χ3n) is 4.58. The number of furan rings is 1. The van der Waals surface area contributed by atoms with Gasteiger partial charge in [-0.05, 0) is 18.9 Å². The van der Waals surface area contributed by atoms with E-state index in [1.807, 2.05) is 18.2 Å².